The van der Waals surface area contributed by atoms with Crippen molar-refractivity contribution in [2.75, 3.05) is 6.54 Å². The summed E-state index contributed by atoms with van der Waals surface area (Å²) in [5, 5.41) is 2.97. The van der Waals surface area contributed by atoms with Crippen LogP contribution in [0.1, 0.15) is 16.0 Å². The Morgan fingerprint density at radius 1 is 1.26 bits per heavy atom. The molecule has 0 bridgehead atoms. The van der Waals surface area contributed by atoms with E-state index in [4.69, 9.17) is 0 Å². The van der Waals surface area contributed by atoms with E-state index in [1.165, 1.54) is 10.4 Å². The average Bonchev–Trinajstić information content (AvgIpc) is 2.78. The Bertz CT molecular complexity index is 565. The highest BCUT2D eigenvalue weighted by atomic mass is 79.9. The van der Waals surface area contributed by atoms with Crippen molar-refractivity contribution >= 4 is 33.2 Å². The number of halogens is 1. The summed E-state index contributed by atoms with van der Waals surface area (Å²) in [7, 11) is 0. The molecule has 0 unspecified atom stereocenters. The fourth-order valence-electron chi connectivity index (χ4n) is 1.86. The van der Waals surface area contributed by atoms with Crippen molar-refractivity contribution in [1.82, 2.24) is 5.32 Å². The van der Waals surface area contributed by atoms with Crippen LogP contribution in [-0.4, -0.2) is 12.5 Å². The highest BCUT2D eigenvalue weighted by Gasteiger charge is 2.05. The number of thiophene rings is 1. The van der Waals surface area contributed by atoms with E-state index in [0.717, 1.165) is 15.8 Å². The lowest BCUT2D eigenvalue weighted by Gasteiger charge is -2.06. The van der Waals surface area contributed by atoms with Crippen molar-refractivity contribution in [2.45, 2.75) is 19.8 Å². The summed E-state index contributed by atoms with van der Waals surface area (Å²) < 4.78 is 1.13. The third-order valence-electron chi connectivity index (χ3n) is 2.93. The van der Waals surface area contributed by atoms with E-state index in [0.29, 0.717) is 13.0 Å². The maximum Gasteiger partial charge on any atom is 0.224 e. The molecule has 4 heteroatoms. The SMILES string of the molecule is Cc1ccccc1CC(=O)NCCc1ccc(Br)s1. The first-order chi connectivity index (χ1) is 9.15. The predicted molar refractivity (Wildman–Crippen MR) is 83.6 cm³/mol. The molecule has 1 heterocycles. The van der Waals surface area contributed by atoms with Gasteiger partial charge < -0.3 is 5.32 Å². The van der Waals surface area contributed by atoms with Gasteiger partial charge in [0.25, 0.3) is 0 Å². The predicted octanol–water partition coefficient (Wildman–Crippen LogP) is 3.72. The maximum atomic E-state index is 11.8. The normalized spacial score (nSPS) is 10.4. The Morgan fingerprint density at radius 2 is 2.05 bits per heavy atom. The van der Waals surface area contributed by atoms with Gasteiger partial charge in [-0.1, -0.05) is 24.3 Å². The Morgan fingerprint density at radius 3 is 2.74 bits per heavy atom. The molecule has 0 spiro atoms. The lowest BCUT2D eigenvalue weighted by molar-refractivity contribution is -0.120. The molecular formula is C15H16BrNOS. The molecular weight excluding hydrogens is 322 g/mol. The summed E-state index contributed by atoms with van der Waals surface area (Å²) in [6.07, 6.45) is 1.34. The van der Waals surface area contributed by atoms with E-state index >= 15 is 0 Å². The monoisotopic (exact) mass is 337 g/mol. The van der Waals surface area contributed by atoms with Gasteiger partial charge in [-0.3, -0.25) is 4.79 Å². The molecule has 0 aliphatic carbocycles. The summed E-state index contributed by atoms with van der Waals surface area (Å²) in [5.74, 6) is 0.0879. The molecule has 0 aliphatic heterocycles. The number of benzene rings is 1. The number of nitrogens with one attached hydrogen (secondary N) is 1. The van der Waals surface area contributed by atoms with Gasteiger partial charge in [-0.15, -0.1) is 11.3 Å². The quantitative estimate of drug-likeness (QED) is 0.885. The van der Waals surface area contributed by atoms with Crippen LogP contribution in [0.25, 0.3) is 0 Å². The van der Waals surface area contributed by atoms with Crippen molar-refractivity contribution in [2.24, 2.45) is 0 Å². The van der Waals surface area contributed by atoms with Crippen LogP contribution in [0, 0.1) is 6.92 Å². The van der Waals surface area contributed by atoms with Gasteiger partial charge in [0.05, 0.1) is 10.2 Å². The number of carbonyl (C=O) groups excluding carboxylic acids is 1. The lowest BCUT2D eigenvalue weighted by Crippen LogP contribution is -2.27. The standard InChI is InChI=1S/C15H16BrNOS/c1-11-4-2-3-5-12(11)10-15(18)17-9-8-13-6-7-14(16)19-13/h2-7H,8-10H2,1H3,(H,17,18). The molecule has 1 aromatic carbocycles. The molecule has 19 heavy (non-hydrogen) atoms. The third kappa shape index (κ3) is 4.48. The van der Waals surface area contributed by atoms with Gasteiger partial charge in [0.1, 0.15) is 0 Å². The molecule has 2 nitrogen and oxygen atoms in total. The molecule has 1 amide bonds. The molecule has 0 saturated heterocycles. The van der Waals surface area contributed by atoms with Gasteiger partial charge in [-0.25, -0.2) is 0 Å². The second kappa shape index (κ2) is 6.87. The van der Waals surface area contributed by atoms with Crippen LogP contribution in [0.3, 0.4) is 0 Å². The summed E-state index contributed by atoms with van der Waals surface area (Å²) >= 11 is 5.15. The van der Waals surface area contributed by atoms with Gasteiger partial charge in [0, 0.05) is 11.4 Å². The van der Waals surface area contributed by atoms with E-state index < -0.39 is 0 Å². The summed E-state index contributed by atoms with van der Waals surface area (Å²) in [5.41, 5.74) is 2.26. The van der Waals surface area contributed by atoms with E-state index in [-0.39, 0.29) is 5.91 Å². The second-order valence-corrected chi connectivity index (χ2v) is 6.96. The van der Waals surface area contributed by atoms with Gasteiger partial charge in [-0.05, 0) is 52.5 Å². The number of hydrogen-bond acceptors (Lipinski definition) is 2. The minimum Gasteiger partial charge on any atom is -0.355 e. The van der Waals surface area contributed by atoms with Crippen LogP contribution in [0.15, 0.2) is 40.2 Å². The first-order valence-corrected chi connectivity index (χ1v) is 7.81. The molecule has 0 radical (unpaired) electrons. The number of amides is 1. The number of carbonyl (C=O) groups is 1. The summed E-state index contributed by atoms with van der Waals surface area (Å²) in [4.78, 5) is 13.1. The van der Waals surface area contributed by atoms with Gasteiger partial charge >= 0.3 is 0 Å². The molecule has 0 fully saturated rings. The fraction of sp³-hybridized carbons (Fsp3) is 0.267. The van der Waals surface area contributed by atoms with Crippen LogP contribution >= 0.6 is 27.3 Å². The number of hydrogen-bond donors (Lipinski definition) is 1. The topological polar surface area (TPSA) is 29.1 Å². The van der Waals surface area contributed by atoms with Crippen molar-refractivity contribution < 1.29 is 4.79 Å². The molecule has 1 N–H and O–H groups in total. The Labute approximate surface area is 126 Å². The summed E-state index contributed by atoms with van der Waals surface area (Å²) in [6, 6.07) is 12.1. The van der Waals surface area contributed by atoms with Crippen LogP contribution in [0.2, 0.25) is 0 Å². The van der Waals surface area contributed by atoms with E-state index in [9.17, 15) is 4.79 Å². The van der Waals surface area contributed by atoms with E-state index in [1.54, 1.807) is 11.3 Å². The highest BCUT2D eigenvalue weighted by molar-refractivity contribution is 9.11. The zero-order valence-electron chi connectivity index (χ0n) is 10.8. The van der Waals surface area contributed by atoms with Gasteiger partial charge in [0.15, 0.2) is 0 Å². The third-order valence-corrected chi connectivity index (χ3v) is 4.62. The zero-order chi connectivity index (χ0) is 13.7. The van der Waals surface area contributed by atoms with Gasteiger partial charge in [0.2, 0.25) is 5.91 Å². The van der Waals surface area contributed by atoms with Gasteiger partial charge in [-0.2, -0.15) is 0 Å². The van der Waals surface area contributed by atoms with Crippen LogP contribution in [0.4, 0.5) is 0 Å². The largest absolute Gasteiger partial charge is 0.355 e. The first-order valence-electron chi connectivity index (χ1n) is 6.20. The maximum absolute atomic E-state index is 11.8. The van der Waals surface area contributed by atoms with Crippen LogP contribution < -0.4 is 5.32 Å². The second-order valence-electron chi connectivity index (χ2n) is 4.41. The zero-order valence-corrected chi connectivity index (χ0v) is 13.2. The number of rotatable bonds is 5. The van der Waals surface area contributed by atoms with Crippen molar-refractivity contribution in [3.8, 4) is 0 Å². The molecule has 2 aromatic rings. The molecule has 0 atom stereocenters. The highest BCUT2D eigenvalue weighted by Crippen LogP contribution is 2.22. The van der Waals surface area contributed by atoms with E-state index in [1.807, 2.05) is 37.3 Å². The van der Waals surface area contributed by atoms with Crippen LogP contribution in [0.5, 0.6) is 0 Å². The molecule has 100 valence electrons. The molecule has 0 saturated carbocycles. The van der Waals surface area contributed by atoms with Crippen molar-refractivity contribution in [3.63, 3.8) is 0 Å². The summed E-state index contributed by atoms with van der Waals surface area (Å²) in [6.45, 7) is 2.73. The Balaban J connectivity index is 1.77. The van der Waals surface area contributed by atoms with Crippen molar-refractivity contribution in [3.05, 3.63) is 56.2 Å². The Kier molecular flexibility index (Phi) is 5.16. The molecule has 2 rings (SSSR count). The smallest absolute Gasteiger partial charge is 0.224 e. The average molecular weight is 338 g/mol. The first kappa shape index (κ1) is 14.3. The fourth-order valence-corrected chi connectivity index (χ4v) is 3.34. The lowest BCUT2D eigenvalue weighted by atomic mass is 10.1. The van der Waals surface area contributed by atoms with Crippen LogP contribution in [-0.2, 0) is 17.6 Å². The Hall–Kier alpha value is -1.13. The van der Waals surface area contributed by atoms with Crippen molar-refractivity contribution in [1.29, 1.82) is 0 Å². The molecule has 0 aliphatic rings. The minimum atomic E-state index is 0.0879. The number of aryl methyl sites for hydroxylation is 1. The molecule has 1 aromatic heterocycles. The van der Waals surface area contributed by atoms with E-state index in [2.05, 4.69) is 27.3 Å². The minimum absolute atomic E-state index is 0.0879.